The molecular formula is C4H11N4O2-. The highest BCUT2D eigenvalue weighted by Crippen LogP contribution is 1.82. The van der Waals surface area contributed by atoms with Crippen LogP contribution in [0, 0.1) is 10.4 Å². The molecule has 6 nitrogen and oxygen atoms in total. The van der Waals surface area contributed by atoms with E-state index in [4.69, 9.17) is 0 Å². The number of rotatable bonds is 4. The highest BCUT2D eigenvalue weighted by Gasteiger charge is 2.00. The fourth-order valence-corrected chi connectivity index (χ4v) is 0.421. The number of hydrogen-bond acceptors (Lipinski definition) is 4. The van der Waals surface area contributed by atoms with Crippen molar-refractivity contribution in [2.75, 3.05) is 27.2 Å². The van der Waals surface area contributed by atoms with Crippen molar-refractivity contribution in [3.63, 3.8) is 0 Å². The average molecular weight is 147 g/mol. The number of likely N-dealkylation sites (N-methyl/N-ethyl adjacent to an activating group) is 2. The molecule has 0 spiro atoms. The van der Waals surface area contributed by atoms with Crippen molar-refractivity contribution in [3.8, 4) is 0 Å². The summed E-state index contributed by atoms with van der Waals surface area (Å²) in [5, 5.41) is 26.1. The maximum Gasteiger partial charge on any atom is 0.0888 e. The Kier molecular flexibility index (Phi) is 4.30. The monoisotopic (exact) mass is 147 g/mol. The summed E-state index contributed by atoms with van der Waals surface area (Å²) < 4.78 is 0. The Labute approximate surface area is 59.3 Å². The number of hydrogen-bond donors (Lipinski definition) is 1. The molecule has 0 aliphatic carbocycles. The van der Waals surface area contributed by atoms with Crippen molar-refractivity contribution in [2.45, 2.75) is 0 Å². The lowest BCUT2D eigenvalue weighted by atomic mass is 10.6. The van der Waals surface area contributed by atoms with E-state index in [-0.39, 0.29) is 4.97 Å². The van der Waals surface area contributed by atoms with Crippen molar-refractivity contribution < 1.29 is 4.97 Å². The van der Waals surface area contributed by atoms with Crippen molar-refractivity contribution in [3.05, 3.63) is 10.4 Å². The summed E-state index contributed by atoms with van der Waals surface area (Å²) in [6, 6.07) is 0. The lowest BCUT2D eigenvalue weighted by Gasteiger charge is -2.13. The van der Waals surface area contributed by atoms with Gasteiger partial charge in [0.15, 0.2) is 0 Å². The van der Waals surface area contributed by atoms with E-state index >= 15 is 0 Å². The molecule has 0 aromatic rings. The molecule has 0 aromatic carbocycles. The summed E-state index contributed by atoms with van der Waals surface area (Å²) in [6.07, 6.45) is 0. The third-order valence-corrected chi connectivity index (χ3v) is 1.05. The fraction of sp³-hybridized carbons (Fsp3) is 1.00. The predicted octanol–water partition coefficient (Wildman–Crippen LogP) is -0.487. The normalized spacial score (nSPS) is 11.6. The van der Waals surface area contributed by atoms with Gasteiger partial charge >= 0.3 is 0 Å². The Balaban J connectivity index is 3.51. The number of nitrogens with zero attached hydrogens (tertiary/aromatic N) is 3. The molecule has 0 saturated heterocycles. The van der Waals surface area contributed by atoms with Crippen LogP contribution in [0.1, 0.15) is 0 Å². The second-order valence-corrected chi connectivity index (χ2v) is 1.82. The standard InChI is InChI=1S/C4H12N4O2/c1-5-3-4-7(2)8(10)6-9/h5,9H,3-4H2,1-2H3/p-1/b8-6-. The van der Waals surface area contributed by atoms with Crippen LogP contribution in [0.2, 0.25) is 0 Å². The second-order valence-electron chi connectivity index (χ2n) is 1.82. The Morgan fingerprint density at radius 3 is 2.70 bits per heavy atom. The number of hydrazine groups is 1. The van der Waals surface area contributed by atoms with Crippen molar-refractivity contribution in [1.29, 1.82) is 0 Å². The molecule has 0 saturated carbocycles. The lowest BCUT2D eigenvalue weighted by Crippen LogP contribution is -2.32. The first kappa shape index (κ1) is 8.96. The van der Waals surface area contributed by atoms with Crippen LogP contribution in [-0.2, 0) is 0 Å². The largest absolute Gasteiger partial charge is 0.737 e. The molecule has 0 bridgehead atoms. The summed E-state index contributed by atoms with van der Waals surface area (Å²) in [5.41, 5.74) is 0. The van der Waals surface area contributed by atoms with Crippen LogP contribution in [0.4, 0.5) is 0 Å². The van der Waals surface area contributed by atoms with E-state index in [9.17, 15) is 10.4 Å². The summed E-state index contributed by atoms with van der Waals surface area (Å²) >= 11 is 0. The molecule has 0 aliphatic heterocycles. The third kappa shape index (κ3) is 3.08. The maximum absolute atomic E-state index is 10.4. The minimum Gasteiger partial charge on any atom is -0.737 e. The minimum atomic E-state index is 0.0112. The zero-order chi connectivity index (χ0) is 7.98. The molecule has 0 amide bonds. The highest BCUT2D eigenvalue weighted by atomic mass is 16.6. The first-order valence-corrected chi connectivity index (χ1v) is 2.88. The lowest BCUT2D eigenvalue weighted by molar-refractivity contribution is -0.684. The molecule has 1 N–H and O–H groups in total. The van der Waals surface area contributed by atoms with Gasteiger partial charge in [0.1, 0.15) is 0 Å². The zero-order valence-corrected chi connectivity index (χ0v) is 6.07. The van der Waals surface area contributed by atoms with Gasteiger partial charge in [-0.15, -0.1) is 0 Å². The van der Waals surface area contributed by atoms with Gasteiger partial charge in [-0.2, -0.15) is 5.01 Å². The van der Waals surface area contributed by atoms with E-state index in [0.29, 0.717) is 13.1 Å². The second kappa shape index (κ2) is 4.80. The van der Waals surface area contributed by atoms with E-state index in [1.807, 2.05) is 0 Å². The van der Waals surface area contributed by atoms with Crippen molar-refractivity contribution in [2.24, 2.45) is 5.28 Å². The van der Waals surface area contributed by atoms with E-state index in [1.54, 1.807) is 7.05 Å². The Morgan fingerprint density at radius 2 is 2.30 bits per heavy atom. The van der Waals surface area contributed by atoms with Gasteiger partial charge in [-0.05, 0) is 12.3 Å². The van der Waals surface area contributed by atoms with Crippen molar-refractivity contribution >= 4 is 0 Å². The van der Waals surface area contributed by atoms with Crippen LogP contribution in [-0.4, -0.2) is 37.2 Å². The Hall–Kier alpha value is -1.04. The van der Waals surface area contributed by atoms with Crippen LogP contribution in [0.25, 0.3) is 0 Å². The van der Waals surface area contributed by atoms with Crippen LogP contribution in [0.3, 0.4) is 0 Å². The summed E-state index contributed by atoms with van der Waals surface area (Å²) in [7, 11) is 3.25. The van der Waals surface area contributed by atoms with Gasteiger partial charge in [0.05, 0.1) is 13.6 Å². The van der Waals surface area contributed by atoms with E-state index in [2.05, 4.69) is 10.6 Å². The van der Waals surface area contributed by atoms with E-state index in [1.165, 1.54) is 12.1 Å². The van der Waals surface area contributed by atoms with Gasteiger partial charge in [0.2, 0.25) is 0 Å². The van der Waals surface area contributed by atoms with Gasteiger partial charge in [0.25, 0.3) is 0 Å². The topological polar surface area (TPSA) is 76.8 Å². The third-order valence-electron chi connectivity index (χ3n) is 1.05. The molecule has 0 heterocycles. The number of nitrogens with one attached hydrogen (secondary N) is 1. The fourth-order valence-electron chi connectivity index (χ4n) is 0.421. The molecule has 0 aliphatic rings. The Bertz CT molecular complexity index is 116. The first-order chi connectivity index (χ1) is 4.72. The van der Waals surface area contributed by atoms with Crippen LogP contribution < -0.4 is 5.32 Å². The maximum atomic E-state index is 10.4. The molecule has 0 aromatic heterocycles. The predicted molar refractivity (Wildman–Crippen MR) is 36.0 cm³/mol. The molecular weight excluding hydrogens is 136 g/mol. The quantitative estimate of drug-likeness (QED) is 0.331. The molecule has 0 fully saturated rings. The van der Waals surface area contributed by atoms with Gasteiger partial charge in [-0.3, -0.25) is 0 Å². The minimum absolute atomic E-state index is 0.0112. The van der Waals surface area contributed by atoms with Crippen LogP contribution in [0.15, 0.2) is 5.28 Å². The zero-order valence-electron chi connectivity index (χ0n) is 6.07. The van der Waals surface area contributed by atoms with Crippen LogP contribution in [0.5, 0.6) is 0 Å². The van der Waals surface area contributed by atoms with Gasteiger partial charge in [-0.1, -0.05) is 0 Å². The van der Waals surface area contributed by atoms with Gasteiger partial charge < -0.3 is 15.7 Å². The summed E-state index contributed by atoms with van der Waals surface area (Å²) in [6.45, 7) is 1.11. The molecule has 60 valence electrons. The molecule has 0 unspecified atom stereocenters. The molecule has 0 radical (unpaired) electrons. The highest BCUT2D eigenvalue weighted by molar-refractivity contribution is 4.39. The first-order valence-electron chi connectivity index (χ1n) is 2.88. The van der Waals surface area contributed by atoms with Crippen LogP contribution >= 0.6 is 0 Å². The average Bonchev–Trinajstić information content (AvgIpc) is 1.98. The smallest absolute Gasteiger partial charge is 0.0888 e. The summed E-state index contributed by atoms with van der Waals surface area (Å²) in [4.78, 5) is 0.0112. The molecule has 10 heavy (non-hydrogen) atoms. The van der Waals surface area contributed by atoms with Crippen molar-refractivity contribution in [1.82, 2.24) is 10.3 Å². The summed E-state index contributed by atoms with van der Waals surface area (Å²) in [5.74, 6) is 0. The Morgan fingerprint density at radius 1 is 1.70 bits per heavy atom. The van der Waals surface area contributed by atoms with E-state index < -0.39 is 0 Å². The molecule has 0 atom stereocenters. The molecule has 0 rings (SSSR count). The van der Waals surface area contributed by atoms with Gasteiger partial charge in [0, 0.05) is 11.5 Å². The van der Waals surface area contributed by atoms with E-state index in [0.717, 1.165) is 0 Å². The molecule has 6 heteroatoms. The SMILES string of the molecule is CNCCN(C)/[N+]([O-])=N/[O-]. The van der Waals surface area contributed by atoms with Gasteiger partial charge in [-0.25, -0.2) is 0 Å².